The van der Waals surface area contributed by atoms with Crippen LogP contribution in [0.25, 0.3) is 0 Å². The van der Waals surface area contributed by atoms with Gasteiger partial charge in [-0.05, 0) is 42.2 Å². The van der Waals surface area contributed by atoms with Crippen molar-refractivity contribution < 1.29 is 9.53 Å². The molecule has 1 aliphatic rings. The fourth-order valence-corrected chi connectivity index (χ4v) is 3.47. The van der Waals surface area contributed by atoms with E-state index >= 15 is 0 Å². The summed E-state index contributed by atoms with van der Waals surface area (Å²) in [5.74, 6) is -0.277. The van der Waals surface area contributed by atoms with Crippen LogP contribution in [-0.4, -0.2) is 13.1 Å². The van der Waals surface area contributed by atoms with Crippen LogP contribution in [0.4, 0.5) is 0 Å². The molecule has 0 fully saturated rings. The molecule has 0 aliphatic carbocycles. The second-order valence-corrected chi connectivity index (χ2v) is 5.61. The van der Waals surface area contributed by atoms with E-state index in [2.05, 4.69) is 24.3 Å². The van der Waals surface area contributed by atoms with Crippen LogP contribution < -0.4 is 0 Å². The zero-order valence-electron chi connectivity index (χ0n) is 10.7. The third-order valence-corrected chi connectivity index (χ3v) is 4.56. The fourth-order valence-electron chi connectivity index (χ4n) is 2.30. The Bertz CT molecular complexity index is 634. The zero-order chi connectivity index (χ0) is 13.2. The van der Waals surface area contributed by atoms with Crippen LogP contribution in [0, 0.1) is 0 Å². The van der Waals surface area contributed by atoms with Crippen molar-refractivity contribution in [2.75, 3.05) is 7.11 Å². The molecule has 0 unspecified atom stereocenters. The third kappa shape index (κ3) is 2.38. The SMILES string of the molecule is COC(=O)c1ccc2c(c1)Sc1ccccc1CC2. The number of fused-ring (bicyclic) bond motifs is 2. The summed E-state index contributed by atoms with van der Waals surface area (Å²) in [6.45, 7) is 0. The van der Waals surface area contributed by atoms with Gasteiger partial charge in [-0.2, -0.15) is 0 Å². The lowest BCUT2D eigenvalue weighted by atomic mass is 10.0. The Morgan fingerprint density at radius 1 is 1.05 bits per heavy atom. The summed E-state index contributed by atoms with van der Waals surface area (Å²) in [5, 5.41) is 0. The first kappa shape index (κ1) is 12.3. The third-order valence-electron chi connectivity index (χ3n) is 3.34. The van der Waals surface area contributed by atoms with E-state index in [1.54, 1.807) is 11.8 Å². The highest BCUT2D eigenvalue weighted by Gasteiger charge is 2.15. The monoisotopic (exact) mass is 270 g/mol. The predicted molar refractivity (Wildman–Crippen MR) is 75.8 cm³/mol. The summed E-state index contributed by atoms with van der Waals surface area (Å²) in [6.07, 6.45) is 2.06. The lowest BCUT2D eigenvalue weighted by Gasteiger charge is -2.07. The number of ether oxygens (including phenoxy) is 1. The number of hydrogen-bond acceptors (Lipinski definition) is 3. The van der Waals surface area contributed by atoms with Crippen molar-refractivity contribution in [1.29, 1.82) is 0 Å². The van der Waals surface area contributed by atoms with Gasteiger partial charge in [-0.3, -0.25) is 0 Å². The number of aryl methyl sites for hydroxylation is 2. The highest BCUT2D eigenvalue weighted by atomic mass is 32.2. The Balaban J connectivity index is 2.02. The Kier molecular flexibility index (Phi) is 3.30. The summed E-state index contributed by atoms with van der Waals surface area (Å²) < 4.78 is 4.78. The molecular weight excluding hydrogens is 256 g/mol. The summed E-state index contributed by atoms with van der Waals surface area (Å²) >= 11 is 1.74. The van der Waals surface area contributed by atoms with E-state index in [0.29, 0.717) is 5.56 Å². The smallest absolute Gasteiger partial charge is 0.337 e. The summed E-state index contributed by atoms with van der Waals surface area (Å²) in [6, 6.07) is 14.3. The lowest BCUT2D eigenvalue weighted by molar-refractivity contribution is 0.0600. The Hall–Kier alpha value is -1.74. The lowest BCUT2D eigenvalue weighted by Crippen LogP contribution is -2.02. The quantitative estimate of drug-likeness (QED) is 0.739. The van der Waals surface area contributed by atoms with Crippen molar-refractivity contribution >= 4 is 17.7 Å². The second kappa shape index (κ2) is 5.10. The van der Waals surface area contributed by atoms with Gasteiger partial charge < -0.3 is 4.74 Å². The van der Waals surface area contributed by atoms with Crippen molar-refractivity contribution in [3.8, 4) is 0 Å². The van der Waals surface area contributed by atoms with Gasteiger partial charge in [-0.1, -0.05) is 36.0 Å². The van der Waals surface area contributed by atoms with Crippen molar-refractivity contribution in [3.63, 3.8) is 0 Å². The summed E-state index contributed by atoms with van der Waals surface area (Å²) in [4.78, 5) is 14.0. The molecule has 0 spiro atoms. The van der Waals surface area contributed by atoms with Gasteiger partial charge in [0.05, 0.1) is 12.7 Å². The maximum Gasteiger partial charge on any atom is 0.337 e. The van der Waals surface area contributed by atoms with Gasteiger partial charge >= 0.3 is 5.97 Å². The van der Waals surface area contributed by atoms with Crippen molar-refractivity contribution in [1.82, 2.24) is 0 Å². The van der Waals surface area contributed by atoms with Crippen LogP contribution in [0.5, 0.6) is 0 Å². The van der Waals surface area contributed by atoms with E-state index in [-0.39, 0.29) is 5.97 Å². The van der Waals surface area contributed by atoms with E-state index in [9.17, 15) is 4.79 Å². The summed E-state index contributed by atoms with van der Waals surface area (Å²) in [5.41, 5.74) is 3.30. The molecule has 1 aliphatic heterocycles. The largest absolute Gasteiger partial charge is 0.465 e. The van der Waals surface area contributed by atoms with Gasteiger partial charge in [-0.15, -0.1) is 0 Å². The molecule has 2 aromatic carbocycles. The number of esters is 1. The Labute approximate surface area is 116 Å². The molecule has 0 aromatic heterocycles. The van der Waals surface area contributed by atoms with Crippen molar-refractivity contribution in [2.45, 2.75) is 22.6 Å². The number of hydrogen-bond donors (Lipinski definition) is 0. The van der Waals surface area contributed by atoms with Crippen molar-refractivity contribution in [2.24, 2.45) is 0 Å². The molecule has 0 bridgehead atoms. The van der Waals surface area contributed by atoms with Gasteiger partial charge in [0, 0.05) is 9.79 Å². The van der Waals surface area contributed by atoms with Gasteiger partial charge in [0.2, 0.25) is 0 Å². The average Bonchev–Trinajstić information content (AvgIpc) is 2.64. The molecule has 3 rings (SSSR count). The number of methoxy groups -OCH3 is 1. The topological polar surface area (TPSA) is 26.3 Å². The molecule has 2 aromatic rings. The first-order valence-electron chi connectivity index (χ1n) is 6.25. The van der Waals surface area contributed by atoms with Gasteiger partial charge in [0.15, 0.2) is 0 Å². The maximum atomic E-state index is 11.6. The van der Waals surface area contributed by atoms with Crippen LogP contribution in [0.2, 0.25) is 0 Å². The Morgan fingerprint density at radius 2 is 1.79 bits per heavy atom. The Morgan fingerprint density at radius 3 is 2.58 bits per heavy atom. The molecule has 0 atom stereocenters. The van der Waals surface area contributed by atoms with E-state index in [4.69, 9.17) is 4.74 Å². The predicted octanol–water partition coefficient (Wildman–Crippen LogP) is 3.72. The molecule has 0 saturated carbocycles. The van der Waals surface area contributed by atoms with Gasteiger partial charge in [0.1, 0.15) is 0 Å². The van der Waals surface area contributed by atoms with E-state index in [1.807, 2.05) is 18.2 Å². The maximum absolute atomic E-state index is 11.6. The van der Waals surface area contributed by atoms with E-state index in [0.717, 1.165) is 17.7 Å². The average molecular weight is 270 g/mol. The minimum atomic E-state index is -0.277. The molecular formula is C16H14O2S. The number of rotatable bonds is 1. The first-order chi connectivity index (χ1) is 9.28. The molecule has 96 valence electrons. The number of benzene rings is 2. The minimum Gasteiger partial charge on any atom is -0.465 e. The fraction of sp³-hybridized carbons (Fsp3) is 0.188. The second-order valence-electron chi connectivity index (χ2n) is 4.52. The zero-order valence-corrected chi connectivity index (χ0v) is 11.5. The van der Waals surface area contributed by atoms with Gasteiger partial charge in [-0.25, -0.2) is 4.79 Å². The minimum absolute atomic E-state index is 0.277. The highest BCUT2D eigenvalue weighted by molar-refractivity contribution is 7.99. The van der Waals surface area contributed by atoms with Crippen LogP contribution >= 0.6 is 11.8 Å². The molecule has 2 nitrogen and oxygen atoms in total. The standard InChI is InChI=1S/C16H14O2S/c1-18-16(17)13-9-8-12-7-6-11-4-2-3-5-14(11)19-15(12)10-13/h2-5,8-10H,6-7H2,1H3. The molecule has 0 saturated heterocycles. The highest BCUT2D eigenvalue weighted by Crippen LogP contribution is 2.37. The van der Waals surface area contributed by atoms with Crippen LogP contribution in [0.15, 0.2) is 52.3 Å². The number of carbonyl (C=O) groups excluding carboxylic acids is 1. The van der Waals surface area contributed by atoms with Crippen LogP contribution in [-0.2, 0) is 17.6 Å². The molecule has 3 heteroatoms. The van der Waals surface area contributed by atoms with Crippen LogP contribution in [0.3, 0.4) is 0 Å². The van der Waals surface area contributed by atoms with Gasteiger partial charge in [0.25, 0.3) is 0 Å². The van der Waals surface area contributed by atoms with Crippen LogP contribution in [0.1, 0.15) is 21.5 Å². The molecule has 0 N–H and O–H groups in total. The molecule has 1 heterocycles. The normalized spacial score (nSPS) is 13.1. The first-order valence-corrected chi connectivity index (χ1v) is 7.06. The van der Waals surface area contributed by atoms with Crippen molar-refractivity contribution in [3.05, 3.63) is 59.2 Å². The van der Waals surface area contributed by atoms with E-state index in [1.165, 1.54) is 23.1 Å². The molecule has 0 amide bonds. The number of carbonyl (C=O) groups is 1. The molecule has 0 radical (unpaired) electrons. The van der Waals surface area contributed by atoms with E-state index < -0.39 is 0 Å². The summed E-state index contributed by atoms with van der Waals surface area (Å²) in [7, 11) is 1.41. The molecule has 19 heavy (non-hydrogen) atoms.